The summed E-state index contributed by atoms with van der Waals surface area (Å²) in [4.78, 5) is 0. The molecule has 0 fully saturated rings. The van der Waals surface area contributed by atoms with Gasteiger partial charge in [0.25, 0.3) is 0 Å². The number of phenols is 1. The first-order chi connectivity index (χ1) is 6.16. The van der Waals surface area contributed by atoms with Gasteiger partial charge in [-0.3, -0.25) is 0 Å². The SMILES string of the molecule is NCCC(F)c1cccc(Cl)c1O. The van der Waals surface area contributed by atoms with Gasteiger partial charge in [0.1, 0.15) is 11.9 Å². The summed E-state index contributed by atoms with van der Waals surface area (Å²) in [6.45, 7) is 0.243. The Morgan fingerprint density at radius 1 is 1.54 bits per heavy atom. The molecule has 2 nitrogen and oxygen atoms in total. The second-order valence-corrected chi connectivity index (χ2v) is 3.13. The number of alkyl halides is 1. The predicted molar refractivity (Wildman–Crippen MR) is 50.6 cm³/mol. The van der Waals surface area contributed by atoms with E-state index in [-0.39, 0.29) is 29.3 Å². The van der Waals surface area contributed by atoms with E-state index >= 15 is 0 Å². The third-order valence-electron chi connectivity index (χ3n) is 1.78. The van der Waals surface area contributed by atoms with Crippen LogP contribution in [0.3, 0.4) is 0 Å². The zero-order valence-corrected chi connectivity index (χ0v) is 7.76. The van der Waals surface area contributed by atoms with E-state index in [0.717, 1.165) is 0 Å². The molecule has 1 aromatic rings. The summed E-state index contributed by atoms with van der Waals surface area (Å²) < 4.78 is 13.3. The lowest BCUT2D eigenvalue weighted by molar-refractivity contribution is 0.316. The molecule has 0 saturated carbocycles. The van der Waals surface area contributed by atoms with E-state index in [2.05, 4.69) is 0 Å². The number of para-hydroxylation sites is 1. The zero-order chi connectivity index (χ0) is 9.84. The molecule has 0 aromatic heterocycles. The summed E-state index contributed by atoms with van der Waals surface area (Å²) in [7, 11) is 0. The number of phenolic OH excluding ortho intramolecular Hbond substituents is 1. The fourth-order valence-electron chi connectivity index (χ4n) is 1.09. The van der Waals surface area contributed by atoms with Crippen LogP contribution in [-0.2, 0) is 0 Å². The van der Waals surface area contributed by atoms with E-state index in [1.807, 2.05) is 0 Å². The number of nitrogens with two attached hydrogens (primary N) is 1. The number of rotatable bonds is 3. The third kappa shape index (κ3) is 2.32. The van der Waals surface area contributed by atoms with Crippen molar-refractivity contribution in [3.8, 4) is 5.75 Å². The van der Waals surface area contributed by atoms with Crippen molar-refractivity contribution in [2.75, 3.05) is 6.54 Å². The van der Waals surface area contributed by atoms with Crippen LogP contribution < -0.4 is 5.73 Å². The highest BCUT2D eigenvalue weighted by atomic mass is 35.5. The molecular weight excluding hydrogens is 193 g/mol. The first-order valence-electron chi connectivity index (χ1n) is 3.98. The van der Waals surface area contributed by atoms with Crippen molar-refractivity contribution in [2.45, 2.75) is 12.6 Å². The van der Waals surface area contributed by atoms with Crippen LogP contribution in [0.5, 0.6) is 5.75 Å². The van der Waals surface area contributed by atoms with Gasteiger partial charge in [0.2, 0.25) is 0 Å². The molecule has 0 bridgehead atoms. The lowest BCUT2D eigenvalue weighted by Gasteiger charge is -2.09. The van der Waals surface area contributed by atoms with E-state index in [0.29, 0.717) is 0 Å². The second kappa shape index (κ2) is 4.44. The normalized spacial score (nSPS) is 12.8. The molecule has 0 heterocycles. The van der Waals surface area contributed by atoms with Crippen molar-refractivity contribution in [3.63, 3.8) is 0 Å². The highest BCUT2D eigenvalue weighted by Gasteiger charge is 2.14. The van der Waals surface area contributed by atoms with Gasteiger partial charge in [0.05, 0.1) is 5.02 Å². The summed E-state index contributed by atoms with van der Waals surface area (Å²) in [6.07, 6.45) is -1.06. The topological polar surface area (TPSA) is 46.2 Å². The molecule has 0 radical (unpaired) electrons. The van der Waals surface area contributed by atoms with Crippen LogP contribution in [0.1, 0.15) is 18.2 Å². The minimum Gasteiger partial charge on any atom is -0.506 e. The first-order valence-corrected chi connectivity index (χ1v) is 4.36. The standard InChI is InChI=1S/C9H11ClFNO/c10-7-3-1-2-6(9(7)13)8(11)4-5-12/h1-3,8,13H,4-5,12H2. The van der Waals surface area contributed by atoms with Crippen LogP contribution in [0, 0.1) is 0 Å². The van der Waals surface area contributed by atoms with Crippen molar-refractivity contribution >= 4 is 11.6 Å². The summed E-state index contributed by atoms with van der Waals surface area (Å²) in [5.41, 5.74) is 5.41. The Morgan fingerprint density at radius 2 is 2.23 bits per heavy atom. The quantitative estimate of drug-likeness (QED) is 0.793. The van der Waals surface area contributed by atoms with E-state index in [1.165, 1.54) is 12.1 Å². The largest absolute Gasteiger partial charge is 0.506 e. The van der Waals surface area contributed by atoms with Crippen molar-refractivity contribution in [3.05, 3.63) is 28.8 Å². The van der Waals surface area contributed by atoms with Gasteiger partial charge < -0.3 is 10.8 Å². The van der Waals surface area contributed by atoms with Gasteiger partial charge in [-0.2, -0.15) is 0 Å². The van der Waals surface area contributed by atoms with Crippen molar-refractivity contribution in [1.29, 1.82) is 0 Å². The number of hydrogen-bond acceptors (Lipinski definition) is 2. The van der Waals surface area contributed by atoms with Crippen LogP contribution in [-0.4, -0.2) is 11.7 Å². The minimum atomic E-state index is -1.25. The lowest BCUT2D eigenvalue weighted by Crippen LogP contribution is -2.03. The van der Waals surface area contributed by atoms with Crippen LogP contribution in [0.2, 0.25) is 5.02 Å². The number of hydrogen-bond donors (Lipinski definition) is 2. The minimum absolute atomic E-state index is 0.164. The Labute approximate surface area is 81.1 Å². The Bertz CT molecular complexity index is 293. The van der Waals surface area contributed by atoms with Crippen molar-refractivity contribution in [2.24, 2.45) is 5.73 Å². The van der Waals surface area contributed by atoms with Crippen molar-refractivity contribution < 1.29 is 9.50 Å². The van der Waals surface area contributed by atoms with E-state index in [9.17, 15) is 9.50 Å². The summed E-state index contributed by atoms with van der Waals surface area (Å²) in [5.74, 6) is -0.190. The highest BCUT2D eigenvalue weighted by molar-refractivity contribution is 6.32. The smallest absolute Gasteiger partial charge is 0.140 e. The van der Waals surface area contributed by atoms with Gasteiger partial charge in [-0.15, -0.1) is 0 Å². The van der Waals surface area contributed by atoms with Gasteiger partial charge in [0.15, 0.2) is 0 Å². The average Bonchev–Trinajstić information content (AvgIpc) is 2.10. The van der Waals surface area contributed by atoms with Gasteiger partial charge >= 0.3 is 0 Å². The highest BCUT2D eigenvalue weighted by Crippen LogP contribution is 2.34. The molecule has 0 aliphatic carbocycles. The van der Waals surface area contributed by atoms with E-state index in [4.69, 9.17) is 17.3 Å². The summed E-state index contributed by atoms with van der Waals surface area (Å²) in [5, 5.41) is 9.55. The fourth-order valence-corrected chi connectivity index (χ4v) is 1.27. The third-order valence-corrected chi connectivity index (χ3v) is 2.08. The predicted octanol–water partition coefficient (Wildman–Crippen LogP) is 2.41. The van der Waals surface area contributed by atoms with Crippen LogP contribution in [0.15, 0.2) is 18.2 Å². The Balaban J connectivity index is 2.93. The molecular formula is C9H11ClFNO. The molecule has 1 aromatic carbocycles. The Hall–Kier alpha value is -0.800. The number of aromatic hydroxyl groups is 1. The summed E-state index contributed by atoms with van der Waals surface area (Å²) in [6, 6.07) is 4.61. The monoisotopic (exact) mass is 203 g/mol. The first kappa shape index (κ1) is 10.3. The van der Waals surface area contributed by atoms with Gasteiger partial charge in [-0.1, -0.05) is 23.7 Å². The zero-order valence-electron chi connectivity index (χ0n) is 7.00. The molecule has 0 spiro atoms. The van der Waals surface area contributed by atoms with Gasteiger partial charge in [-0.25, -0.2) is 4.39 Å². The van der Waals surface area contributed by atoms with Crippen LogP contribution in [0.4, 0.5) is 4.39 Å². The molecule has 1 atom stereocenters. The van der Waals surface area contributed by atoms with E-state index < -0.39 is 6.17 Å². The fraction of sp³-hybridized carbons (Fsp3) is 0.333. The van der Waals surface area contributed by atoms with Crippen LogP contribution in [0.25, 0.3) is 0 Å². The molecule has 13 heavy (non-hydrogen) atoms. The maximum absolute atomic E-state index is 13.3. The maximum Gasteiger partial charge on any atom is 0.140 e. The Kier molecular flexibility index (Phi) is 3.51. The molecule has 72 valence electrons. The van der Waals surface area contributed by atoms with Gasteiger partial charge in [-0.05, 0) is 19.0 Å². The molecule has 3 N–H and O–H groups in total. The molecule has 0 aliphatic heterocycles. The lowest BCUT2D eigenvalue weighted by atomic mass is 10.1. The van der Waals surface area contributed by atoms with Crippen molar-refractivity contribution in [1.82, 2.24) is 0 Å². The number of halogens is 2. The van der Waals surface area contributed by atoms with Crippen LogP contribution >= 0.6 is 11.6 Å². The average molecular weight is 204 g/mol. The molecule has 0 saturated heterocycles. The Morgan fingerprint density at radius 3 is 2.85 bits per heavy atom. The molecule has 1 rings (SSSR count). The number of benzene rings is 1. The summed E-state index contributed by atoms with van der Waals surface area (Å²) >= 11 is 5.61. The maximum atomic E-state index is 13.3. The molecule has 0 aliphatic rings. The van der Waals surface area contributed by atoms with E-state index in [1.54, 1.807) is 6.07 Å². The molecule has 1 unspecified atom stereocenters. The molecule has 4 heteroatoms. The second-order valence-electron chi connectivity index (χ2n) is 2.72. The molecule has 0 amide bonds. The van der Waals surface area contributed by atoms with Gasteiger partial charge in [0, 0.05) is 5.56 Å².